The number of hydrogen-bond acceptors (Lipinski definition) is 6. The second kappa shape index (κ2) is 12.3. The smallest absolute Gasteiger partial charge is 0.258 e. The first-order valence-electron chi connectivity index (χ1n) is 10.5. The molecule has 2 rings (SSSR count). The van der Waals surface area contributed by atoms with E-state index in [4.69, 9.17) is 9.47 Å². The maximum absolute atomic E-state index is 12.8. The van der Waals surface area contributed by atoms with E-state index in [2.05, 4.69) is 37.8 Å². The molecular weight excluding hydrogens is 557 g/mol. The highest BCUT2D eigenvalue weighted by Crippen LogP contribution is 2.33. The van der Waals surface area contributed by atoms with Gasteiger partial charge in [0.25, 0.3) is 5.91 Å². The number of nitrogens with one attached hydrogen (secondary N) is 2. The van der Waals surface area contributed by atoms with Crippen LogP contribution in [0.3, 0.4) is 0 Å². The molecule has 2 aromatic rings. The Kier molecular flexibility index (Phi) is 10.1. The van der Waals surface area contributed by atoms with Crippen LogP contribution in [-0.2, 0) is 14.8 Å². The van der Waals surface area contributed by atoms with Gasteiger partial charge in [-0.3, -0.25) is 4.79 Å². The fourth-order valence-corrected chi connectivity index (χ4v) is 4.99. The minimum Gasteiger partial charge on any atom is -0.493 e. The monoisotopic (exact) mass is 587 g/mol. The van der Waals surface area contributed by atoms with E-state index in [1.807, 2.05) is 33.8 Å². The predicted molar refractivity (Wildman–Crippen MR) is 137 cm³/mol. The van der Waals surface area contributed by atoms with Crippen LogP contribution < -0.4 is 19.6 Å². The summed E-state index contributed by atoms with van der Waals surface area (Å²) in [5.41, 5.74) is 4.09. The van der Waals surface area contributed by atoms with Crippen molar-refractivity contribution in [1.82, 2.24) is 10.1 Å². The normalized spacial score (nSPS) is 12.7. The Morgan fingerprint density at radius 2 is 1.88 bits per heavy atom. The molecule has 2 N–H and O–H groups in total. The number of sulfonamides is 1. The van der Waals surface area contributed by atoms with E-state index in [1.54, 1.807) is 25.3 Å². The molecule has 1 amide bonds. The average molecular weight is 587 g/mol. The van der Waals surface area contributed by atoms with Gasteiger partial charge in [0.2, 0.25) is 10.0 Å². The Hall–Kier alpha value is -2.18. The van der Waals surface area contributed by atoms with Crippen molar-refractivity contribution in [3.8, 4) is 11.5 Å². The number of ether oxygens (including phenoxy) is 2. The van der Waals surface area contributed by atoms with Gasteiger partial charge in [-0.2, -0.15) is 9.82 Å². The van der Waals surface area contributed by atoms with Crippen molar-refractivity contribution < 1.29 is 22.7 Å². The highest BCUT2D eigenvalue weighted by Gasteiger charge is 2.26. The molecule has 0 aliphatic rings. The largest absolute Gasteiger partial charge is 0.493 e. The Balaban J connectivity index is 2.16. The maximum Gasteiger partial charge on any atom is 0.258 e. The van der Waals surface area contributed by atoms with Gasteiger partial charge >= 0.3 is 0 Å². The summed E-state index contributed by atoms with van der Waals surface area (Å²) in [4.78, 5) is 12.9. The van der Waals surface area contributed by atoms with E-state index in [-0.39, 0.29) is 10.8 Å². The highest BCUT2D eigenvalue weighted by molar-refractivity contribution is 14.1. The van der Waals surface area contributed by atoms with Crippen LogP contribution in [0.25, 0.3) is 0 Å². The number of hydrogen-bond donors (Lipinski definition) is 2. The molecular formula is C23H30IN3O5S. The van der Waals surface area contributed by atoms with E-state index in [1.165, 1.54) is 18.3 Å². The third kappa shape index (κ3) is 7.97. The number of carbonyl (C=O) groups is 1. The van der Waals surface area contributed by atoms with Crippen molar-refractivity contribution in [3.05, 3.63) is 51.1 Å². The molecule has 0 fully saturated rings. The number of methoxy groups -OCH3 is 1. The van der Waals surface area contributed by atoms with Crippen LogP contribution in [0.5, 0.6) is 11.5 Å². The molecule has 2 aromatic carbocycles. The van der Waals surface area contributed by atoms with Gasteiger partial charge in [0.05, 0.1) is 28.4 Å². The molecule has 0 saturated heterocycles. The topological polar surface area (TPSA) is 106 Å². The fraction of sp³-hybridized carbons (Fsp3) is 0.391. The second-order valence-corrected chi connectivity index (χ2v) is 10.7. The zero-order chi connectivity index (χ0) is 24.6. The minimum atomic E-state index is -3.86. The Bertz CT molecular complexity index is 1090. The van der Waals surface area contributed by atoms with Crippen molar-refractivity contribution in [2.45, 2.75) is 45.1 Å². The first-order chi connectivity index (χ1) is 15.6. The number of nitrogens with zero attached hydrogens (tertiary/aromatic N) is 1. The lowest BCUT2D eigenvalue weighted by molar-refractivity contribution is -0.123. The zero-order valence-corrected chi connectivity index (χ0v) is 22.4. The van der Waals surface area contributed by atoms with Crippen molar-refractivity contribution in [1.29, 1.82) is 0 Å². The Morgan fingerprint density at radius 1 is 1.21 bits per heavy atom. The molecule has 0 aromatic heterocycles. The van der Waals surface area contributed by atoms with Crippen molar-refractivity contribution in [2.75, 3.05) is 13.7 Å². The van der Waals surface area contributed by atoms with Crippen LogP contribution in [-0.4, -0.2) is 40.3 Å². The molecule has 8 nitrogen and oxygen atoms in total. The van der Waals surface area contributed by atoms with Crippen molar-refractivity contribution in [3.63, 3.8) is 0 Å². The lowest BCUT2D eigenvalue weighted by atomic mass is 10.0. The molecule has 0 unspecified atom stereocenters. The number of aryl methyl sites for hydroxylation is 1. The van der Waals surface area contributed by atoms with Crippen LogP contribution in [0, 0.1) is 16.4 Å². The molecule has 0 aliphatic heterocycles. The summed E-state index contributed by atoms with van der Waals surface area (Å²) in [5.74, 6) is 0.745. The number of amides is 1. The number of halogens is 1. The molecule has 0 spiro atoms. The lowest BCUT2D eigenvalue weighted by Crippen LogP contribution is -2.46. The number of benzene rings is 2. The lowest BCUT2D eigenvalue weighted by Gasteiger charge is -2.19. The fourth-order valence-electron chi connectivity index (χ4n) is 3.00. The van der Waals surface area contributed by atoms with Crippen LogP contribution in [0.1, 0.15) is 38.3 Å². The molecule has 0 saturated carbocycles. The summed E-state index contributed by atoms with van der Waals surface area (Å²) in [6, 6.07) is 9.07. The van der Waals surface area contributed by atoms with Gasteiger partial charge in [-0.15, -0.1) is 0 Å². The molecule has 180 valence electrons. The second-order valence-electron chi connectivity index (χ2n) is 7.82. The number of carbonyl (C=O) groups excluding carboxylic acids is 1. The summed E-state index contributed by atoms with van der Waals surface area (Å²) in [5, 5.41) is 4.02. The van der Waals surface area contributed by atoms with Gasteiger partial charge in [-0.1, -0.05) is 31.5 Å². The highest BCUT2D eigenvalue weighted by atomic mass is 127. The van der Waals surface area contributed by atoms with Gasteiger partial charge in [0.1, 0.15) is 6.04 Å². The number of rotatable bonds is 11. The molecule has 0 aliphatic carbocycles. The standard InChI is InChI=1S/C23H30IN3O5S/c1-6-32-22-19(24)12-17(13-21(22)31-5)14-25-26-23(28)20(11-15(2)3)27-33(29,30)18-9-7-16(4)8-10-18/h7-10,12-15,20,27H,6,11H2,1-5H3,(H,26,28)/b25-14-/t20-/m1/s1. The molecule has 10 heteroatoms. The van der Waals surface area contributed by atoms with E-state index in [0.29, 0.717) is 30.1 Å². The van der Waals surface area contributed by atoms with Gasteiger partial charge in [-0.25, -0.2) is 13.8 Å². The van der Waals surface area contributed by atoms with Crippen LogP contribution >= 0.6 is 22.6 Å². The van der Waals surface area contributed by atoms with E-state index < -0.39 is 22.0 Å². The van der Waals surface area contributed by atoms with Gasteiger partial charge < -0.3 is 9.47 Å². The average Bonchev–Trinajstić information content (AvgIpc) is 2.74. The van der Waals surface area contributed by atoms with Crippen LogP contribution in [0.4, 0.5) is 0 Å². The van der Waals surface area contributed by atoms with Crippen molar-refractivity contribution in [2.24, 2.45) is 11.0 Å². The third-order valence-electron chi connectivity index (χ3n) is 4.58. The molecule has 1 atom stereocenters. The molecule has 0 radical (unpaired) electrons. The summed E-state index contributed by atoms with van der Waals surface area (Å²) in [6.45, 7) is 8.10. The van der Waals surface area contributed by atoms with Gasteiger partial charge in [-0.05, 0) is 78.6 Å². The first-order valence-corrected chi connectivity index (χ1v) is 13.1. The molecule has 0 heterocycles. The maximum atomic E-state index is 12.8. The van der Waals surface area contributed by atoms with E-state index >= 15 is 0 Å². The van der Waals surface area contributed by atoms with Gasteiger partial charge in [0, 0.05) is 0 Å². The first kappa shape index (κ1) is 27.1. The van der Waals surface area contributed by atoms with Crippen LogP contribution in [0.15, 0.2) is 46.4 Å². The van der Waals surface area contributed by atoms with E-state index in [0.717, 1.165) is 9.13 Å². The zero-order valence-electron chi connectivity index (χ0n) is 19.4. The molecule has 33 heavy (non-hydrogen) atoms. The summed E-state index contributed by atoms with van der Waals surface area (Å²) < 4.78 is 39.9. The van der Waals surface area contributed by atoms with E-state index in [9.17, 15) is 13.2 Å². The SMILES string of the molecule is CCOc1c(I)cc(/C=N\NC(=O)[C@@H](CC(C)C)NS(=O)(=O)c2ccc(C)cc2)cc1OC. The molecule has 0 bridgehead atoms. The Morgan fingerprint density at radius 3 is 2.45 bits per heavy atom. The number of hydrazone groups is 1. The minimum absolute atomic E-state index is 0.0856. The third-order valence-corrected chi connectivity index (χ3v) is 6.87. The summed E-state index contributed by atoms with van der Waals surface area (Å²) >= 11 is 2.14. The predicted octanol–water partition coefficient (Wildman–Crippen LogP) is 3.85. The summed E-state index contributed by atoms with van der Waals surface area (Å²) in [6.07, 6.45) is 1.79. The van der Waals surface area contributed by atoms with Crippen LogP contribution in [0.2, 0.25) is 0 Å². The Labute approximate surface area is 209 Å². The summed E-state index contributed by atoms with van der Waals surface area (Å²) in [7, 11) is -2.31. The van der Waals surface area contributed by atoms with Crippen molar-refractivity contribution >= 4 is 44.7 Å². The van der Waals surface area contributed by atoms with Gasteiger partial charge in [0.15, 0.2) is 11.5 Å². The quantitative estimate of drug-likeness (QED) is 0.236.